The van der Waals surface area contributed by atoms with Gasteiger partial charge in [-0.25, -0.2) is 13.2 Å². The molecule has 10 heteroatoms. The molecular formula is C38H55NaO8S. The van der Waals surface area contributed by atoms with Crippen molar-refractivity contribution < 1.29 is 66.5 Å². The predicted molar refractivity (Wildman–Crippen MR) is 177 cm³/mol. The summed E-state index contributed by atoms with van der Waals surface area (Å²) in [7, 11) is -5.05. The zero-order valence-corrected chi connectivity index (χ0v) is 33.2. The van der Waals surface area contributed by atoms with Crippen molar-refractivity contribution in [3.05, 3.63) is 28.8 Å². The monoisotopic (exact) mass is 694 g/mol. The number of carboxylic acid groups (broad SMARTS) is 1. The van der Waals surface area contributed by atoms with Crippen LogP contribution in [0.2, 0.25) is 0 Å². The Morgan fingerprint density at radius 1 is 0.896 bits per heavy atom. The molecule has 48 heavy (non-hydrogen) atoms. The van der Waals surface area contributed by atoms with Crippen LogP contribution < -0.4 is 33.7 Å². The second kappa shape index (κ2) is 11.7. The van der Waals surface area contributed by atoms with Gasteiger partial charge in [-0.15, -0.1) is 0 Å². The Hall–Kier alpha value is -0.680. The van der Waals surface area contributed by atoms with E-state index in [2.05, 4.69) is 48.5 Å². The second-order valence-electron chi connectivity index (χ2n) is 18.3. The average molecular weight is 695 g/mol. The number of rotatable bonds is 4. The molecule has 1 heterocycles. The van der Waals surface area contributed by atoms with Crippen LogP contribution in [0, 0.1) is 45.3 Å². The fourth-order valence-electron chi connectivity index (χ4n) is 14.0. The number of benzene rings is 1. The largest absolute Gasteiger partial charge is 1.00 e. The molecular weight excluding hydrogens is 639 g/mol. The maximum Gasteiger partial charge on any atom is 1.00 e. The van der Waals surface area contributed by atoms with Gasteiger partial charge < -0.3 is 23.7 Å². The van der Waals surface area contributed by atoms with Crippen molar-refractivity contribution in [1.29, 1.82) is 0 Å². The Bertz CT molecular complexity index is 1590. The SMILES string of the molecule is C[C@@H]1CCCC(C)(C)[C@@]12CC[C@@]1(C)[C@@H]3CC[C@]4(C)[C@H](CC[C@]5(C)c6c(C(O)C(=O)O)ccc(OS(=O)(=O)[O-])c6C[C@@H]45)[C@@]3(C)CC[C@@H]1O2.[Na+]. The van der Waals surface area contributed by atoms with Gasteiger partial charge in [0.05, 0.1) is 11.7 Å². The van der Waals surface area contributed by atoms with E-state index >= 15 is 0 Å². The molecule has 11 atom stereocenters. The molecule has 2 N–H and O–H groups in total. The molecule has 5 fully saturated rings. The molecule has 7 rings (SSSR count). The molecule has 1 unspecified atom stereocenters. The zero-order valence-electron chi connectivity index (χ0n) is 30.4. The van der Waals surface area contributed by atoms with Gasteiger partial charge in [0.1, 0.15) is 5.75 Å². The number of aliphatic hydroxyl groups excluding tert-OH is 1. The first-order valence-corrected chi connectivity index (χ1v) is 19.5. The summed E-state index contributed by atoms with van der Waals surface area (Å²) in [6.07, 6.45) is 11.1. The third-order valence-electron chi connectivity index (χ3n) is 16.1. The van der Waals surface area contributed by atoms with Crippen LogP contribution in [0.15, 0.2) is 12.1 Å². The van der Waals surface area contributed by atoms with E-state index < -0.39 is 27.9 Å². The van der Waals surface area contributed by atoms with Crippen LogP contribution in [-0.2, 0) is 31.8 Å². The summed E-state index contributed by atoms with van der Waals surface area (Å²) >= 11 is 0. The normalized spacial score (nSPS) is 45.0. The Balaban J connectivity index is 0.00000401. The van der Waals surface area contributed by atoms with Crippen molar-refractivity contribution in [3.63, 3.8) is 0 Å². The van der Waals surface area contributed by atoms with Gasteiger partial charge in [-0.1, -0.05) is 61.0 Å². The summed E-state index contributed by atoms with van der Waals surface area (Å²) in [6, 6.07) is 2.78. The summed E-state index contributed by atoms with van der Waals surface area (Å²) in [5.74, 6) is 0.223. The molecule has 0 radical (unpaired) electrons. The number of carbonyl (C=O) groups is 1. The van der Waals surface area contributed by atoms with Crippen molar-refractivity contribution in [3.8, 4) is 5.75 Å². The summed E-state index contributed by atoms with van der Waals surface area (Å²) in [4.78, 5) is 12.0. The molecule has 1 aliphatic heterocycles. The van der Waals surface area contributed by atoms with Gasteiger partial charge in [0.25, 0.3) is 10.4 Å². The zero-order chi connectivity index (χ0) is 34.2. The standard InChI is InChI=1S/C38H56O8S.Na/c1-22-9-8-15-33(2,3)38(22)20-19-36(6)27-12-16-35(5)26(34(27,4)18-14-29(36)45-38)13-17-37(7)28(35)21-24-25(46-47(42,43)44)11-10-23(30(24)37)31(39)32(40)41;/h10-11,22,26-29,31,39H,8-9,12-21H2,1-7H3,(H,40,41)(H,42,43,44);/q;+1/p-1/t22-,26-,27-,28+,29+,31?,34-,35-,36+,37+,38-;/m1./s1. The van der Waals surface area contributed by atoms with Gasteiger partial charge in [-0.05, 0) is 139 Å². The van der Waals surface area contributed by atoms with Crippen LogP contribution in [0.1, 0.15) is 142 Å². The minimum atomic E-state index is -5.05. The van der Waals surface area contributed by atoms with E-state index in [1.54, 1.807) is 0 Å². The van der Waals surface area contributed by atoms with Crippen molar-refractivity contribution in [2.24, 2.45) is 45.3 Å². The van der Waals surface area contributed by atoms with Gasteiger partial charge in [0, 0.05) is 5.56 Å². The number of aliphatic hydroxyl groups is 1. The number of aliphatic carboxylic acids is 1. The molecule has 1 spiro atoms. The van der Waals surface area contributed by atoms with Crippen molar-refractivity contribution in [2.45, 2.75) is 149 Å². The maximum atomic E-state index is 12.0. The average Bonchev–Trinajstić information content (AvgIpc) is 3.30. The Kier molecular flexibility index (Phi) is 9.01. The molecule has 4 saturated carbocycles. The number of ether oxygens (including phenoxy) is 1. The van der Waals surface area contributed by atoms with Crippen LogP contribution >= 0.6 is 0 Å². The minimum absolute atomic E-state index is 0. The second-order valence-corrected chi connectivity index (χ2v) is 19.3. The van der Waals surface area contributed by atoms with Gasteiger partial charge in [-0.2, -0.15) is 0 Å². The smallest absolute Gasteiger partial charge is 0.716 e. The molecule has 6 aliphatic rings. The topological polar surface area (TPSA) is 133 Å². The van der Waals surface area contributed by atoms with Gasteiger partial charge >= 0.3 is 35.5 Å². The summed E-state index contributed by atoms with van der Waals surface area (Å²) < 4.78 is 47.8. The van der Waals surface area contributed by atoms with E-state index in [1.807, 2.05) is 0 Å². The first kappa shape index (κ1) is 37.1. The molecule has 8 nitrogen and oxygen atoms in total. The van der Waals surface area contributed by atoms with Crippen LogP contribution in [0.4, 0.5) is 0 Å². The third-order valence-corrected chi connectivity index (χ3v) is 16.5. The Morgan fingerprint density at radius 3 is 2.17 bits per heavy atom. The molecule has 1 aromatic carbocycles. The van der Waals surface area contributed by atoms with Gasteiger partial charge in [0.15, 0.2) is 6.10 Å². The number of hydrogen-bond donors (Lipinski definition) is 2. The van der Waals surface area contributed by atoms with Crippen molar-refractivity contribution >= 4 is 16.4 Å². The van der Waals surface area contributed by atoms with E-state index in [-0.39, 0.29) is 80.2 Å². The van der Waals surface area contributed by atoms with E-state index in [0.29, 0.717) is 35.3 Å². The van der Waals surface area contributed by atoms with Crippen LogP contribution in [0.5, 0.6) is 5.75 Å². The van der Waals surface area contributed by atoms with E-state index in [0.717, 1.165) is 44.9 Å². The summed E-state index contributed by atoms with van der Waals surface area (Å²) in [5, 5.41) is 20.6. The quantitative estimate of drug-likeness (QED) is 0.268. The molecule has 1 saturated heterocycles. The molecule has 0 bridgehead atoms. The van der Waals surface area contributed by atoms with Gasteiger partial charge in [-0.3, -0.25) is 0 Å². The molecule has 0 amide bonds. The fraction of sp³-hybridized carbons (Fsp3) is 0.816. The number of fused-ring (bicyclic) bond motifs is 9. The first-order valence-electron chi connectivity index (χ1n) is 18.1. The molecule has 1 aromatic rings. The molecule has 0 aromatic heterocycles. The third kappa shape index (κ3) is 5.01. The van der Waals surface area contributed by atoms with Crippen LogP contribution in [0.25, 0.3) is 0 Å². The van der Waals surface area contributed by atoms with Crippen LogP contribution in [0.3, 0.4) is 0 Å². The maximum absolute atomic E-state index is 12.0. The van der Waals surface area contributed by atoms with E-state index in [4.69, 9.17) is 8.92 Å². The minimum Gasteiger partial charge on any atom is -0.716 e. The molecule has 5 aliphatic carbocycles. The Labute approximate surface area is 309 Å². The van der Waals surface area contributed by atoms with Gasteiger partial charge in [0.2, 0.25) is 0 Å². The fourth-order valence-corrected chi connectivity index (χ4v) is 14.3. The number of hydrogen-bond acceptors (Lipinski definition) is 7. The predicted octanol–water partition coefficient (Wildman–Crippen LogP) is 4.47. The number of carboxylic acids is 1. The summed E-state index contributed by atoms with van der Waals surface area (Å²) in [5.41, 5.74) is 1.24. The van der Waals surface area contributed by atoms with Crippen molar-refractivity contribution in [1.82, 2.24) is 0 Å². The van der Waals surface area contributed by atoms with E-state index in [9.17, 15) is 28.0 Å². The van der Waals surface area contributed by atoms with Crippen molar-refractivity contribution in [2.75, 3.05) is 0 Å². The molecule has 262 valence electrons. The van der Waals surface area contributed by atoms with E-state index in [1.165, 1.54) is 37.8 Å². The summed E-state index contributed by atoms with van der Waals surface area (Å²) in [6.45, 7) is 16.9. The Morgan fingerprint density at radius 2 is 1.52 bits per heavy atom. The first-order chi connectivity index (χ1) is 21.7. The van der Waals surface area contributed by atoms with Crippen LogP contribution in [-0.4, -0.2) is 40.9 Å².